The van der Waals surface area contributed by atoms with Crippen LogP contribution in [0.2, 0.25) is 0 Å². The van der Waals surface area contributed by atoms with E-state index in [-0.39, 0.29) is 11.7 Å². The van der Waals surface area contributed by atoms with Gasteiger partial charge in [0.2, 0.25) is 0 Å². The highest BCUT2D eigenvalue weighted by atomic mass is 16.1. The molecule has 0 bridgehead atoms. The Balaban J connectivity index is 3.01. The highest BCUT2D eigenvalue weighted by molar-refractivity contribution is 5.96. The van der Waals surface area contributed by atoms with Gasteiger partial charge in [-0.2, -0.15) is 0 Å². The fourth-order valence-electron chi connectivity index (χ4n) is 0.950. The Bertz CT molecular complexity index is 331. The van der Waals surface area contributed by atoms with Gasteiger partial charge in [-0.3, -0.25) is 9.59 Å². The molecule has 0 saturated carbocycles. The van der Waals surface area contributed by atoms with Crippen LogP contribution >= 0.6 is 0 Å². The lowest BCUT2D eigenvalue weighted by Gasteiger charge is -2.02. The van der Waals surface area contributed by atoms with Crippen LogP contribution in [0.1, 0.15) is 34.8 Å². The molecule has 3 nitrogen and oxygen atoms in total. The van der Waals surface area contributed by atoms with Gasteiger partial charge in [-0.05, 0) is 12.1 Å². The van der Waals surface area contributed by atoms with Gasteiger partial charge < -0.3 is 0 Å². The molecule has 3 heteroatoms. The van der Waals surface area contributed by atoms with Crippen molar-refractivity contribution in [3.8, 4) is 0 Å². The average molecular weight is 177 g/mol. The molecule has 0 aromatic carbocycles. The number of nitrogens with zero attached hydrogens (tertiary/aromatic N) is 1. The topological polar surface area (TPSA) is 47.0 Å². The predicted octanol–water partition coefficient (Wildman–Crippen LogP) is 1.73. The highest BCUT2D eigenvalue weighted by Gasteiger charge is 2.11. The average Bonchev–Trinajstić information content (AvgIpc) is 2.16. The number of aromatic nitrogens is 1. The summed E-state index contributed by atoms with van der Waals surface area (Å²) in [6, 6.07) is 4.85. The first-order chi connectivity index (χ1) is 6.15. The van der Waals surface area contributed by atoms with Crippen LogP contribution in [0.4, 0.5) is 0 Å². The molecular weight excluding hydrogens is 166 g/mol. The summed E-state index contributed by atoms with van der Waals surface area (Å²) in [4.78, 5) is 25.7. The molecular formula is C10H11NO2. The van der Waals surface area contributed by atoms with Gasteiger partial charge >= 0.3 is 0 Å². The SMILES string of the molecule is CC(C)C(=O)c1cccc(C=O)n1. The molecule has 0 N–H and O–H groups in total. The second-order valence-electron chi connectivity index (χ2n) is 3.08. The Kier molecular flexibility index (Phi) is 2.90. The summed E-state index contributed by atoms with van der Waals surface area (Å²) in [5.41, 5.74) is 0.658. The predicted molar refractivity (Wildman–Crippen MR) is 48.8 cm³/mol. The number of Topliss-reactive ketones (excluding diaryl/α,β-unsaturated/α-hetero) is 1. The minimum absolute atomic E-state index is 0.0382. The lowest BCUT2D eigenvalue weighted by molar-refractivity contribution is 0.0934. The van der Waals surface area contributed by atoms with Crippen molar-refractivity contribution in [3.05, 3.63) is 29.6 Å². The van der Waals surface area contributed by atoms with Gasteiger partial charge in [-0.1, -0.05) is 19.9 Å². The van der Waals surface area contributed by atoms with Gasteiger partial charge in [-0.15, -0.1) is 0 Å². The third kappa shape index (κ3) is 2.21. The summed E-state index contributed by atoms with van der Waals surface area (Å²) in [5.74, 6) is -0.127. The Morgan fingerprint density at radius 3 is 2.69 bits per heavy atom. The van der Waals surface area contributed by atoms with E-state index in [1.165, 1.54) is 0 Å². The van der Waals surface area contributed by atoms with E-state index in [0.717, 1.165) is 0 Å². The van der Waals surface area contributed by atoms with E-state index in [4.69, 9.17) is 0 Å². The van der Waals surface area contributed by atoms with Crippen molar-refractivity contribution < 1.29 is 9.59 Å². The molecule has 0 atom stereocenters. The summed E-state index contributed by atoms with van der Waals surface area (Å²) < 4.78 is 0. The summed E-state index contributed by atoms with van der Waals surface area (Å²) in [7, 11) is 0. The van der Waals surface area contributed by atoms with E-state index in [1.54, 1.807) is 32.0 Å². The van der Waals surface area contributed by atoms with E-state index in [9.17, 15) is 9.59 Å². The number of rotatable bonds is 3. The molecule has 0 spiro atoms. The number of ketones is 1. The van der Waals surface area contributed by atoms with Crippen molar-refractivity contribution in [3.63, 3.8) is 0 Å². The van der Waals surface area contributed by atoms with Crippen molar-refractivity contribution in [2.24, 2.45) is 5.92 Å². The minimum Gasteiger partial charge on any atom is -0.296 e. The zero-order valence-electron chi connectivity index (χ0n) is 7.65. The molecule has 13 heavy (non-hydrogen) atoms. The van der Waals surface area contributed by atoms with Crippen molar-refractivity contribution in [1.82, 2.24) is 4.98 Å². The molecule has 1 heterocycles. The molecule has 1 aromatic heterocycles. The van der Waals surface area contributed by atoms with Gasteiger partial charge in [0.1, 0.15) is 11.4 Å². The van der Waals surface area contributed by atoms with Crippen molar-refractivity contribution in [1.29, 1.82) is 0 Å². The molecule has 68 valence electrons. The summed E-state index contributed by atoms with van der Waals surface area (Å²) >= 11 is 0. The van der Waals surface area contributed by atoms with E-state index in [1.807, 2.05) is 0 Å². The first-order valence-electron chi connectivity index (χ1n) is 4.11. The van der Waals surface area contributed by atoms with Crippen molar-refractivity contribution >= 4 is 12.1 Å². The molecule has 1 aromatic rings. The van der Waals surface area contributed by atoms with Crippen LogP contribution in [-0.2, 0) is 0 Å². The quantitative estimate of drug-likeness (QED) is 0.521. The zero-order chi connectivity index (χ0) is 9.84. The fourth-order valence-corrected chi connectivity index (χ4v) is 0.950. The van der Waals surface area contributed by atoms with Gasteiger partial charge in [-0.25, -0.2) is 4.98 Å². The third-order valence-corrected chi connectivity index (χ3v) is 1.67. The monoisotopic (exact) mass is 177 g/mol. The lowest BCUT2D eigenvalue weighted by Crippen LogP contribution is -2.10. The van der Waals surface area contributed by atoms with Crippen LogP contribution in [0.15, 0.2) is 18.2 Å². The van der Waals surface area contributed by atoms with Gasteiger partial charge in [0.25, 0.3) is 0 Å². The zero-order valence-corrected chi connectivity index (χ0v) is 7.65. The molecule has 0 aliphatic carbocycles. The largest absolute Gasteiger partial charge is 0.296 e. The van der Waals surface area contributed by atoms with Crippen molar-refractivity contribution in [2.75, 3.05) is 0 Å². The molecule has 0 amide bonds. The first kappa shape index (κ1) is 9.58. The fraction of sp³-hybridized carbons (Fsp3) is 0.300. The second kappa shape index (κ2) is 3.94. The summed E-state index contributed by atoms with van der Waals surface area (Å²) in [6.07, 6.45) is 0.636. The Morgan fingerprint density at radius 2 is 2.15 bits per heavy atom. The van der Waals surface area contributed by atoms with Crippen LogP contribution in [0.25, 0.3) is 0 Å². The van der Waals surface area contributed by atoms with Crippen LogP contribution in [0.3, 0.4) is 0 Å². The molecule has 0 aliphatic heterocycles. The number of carbonyl (C=O) groups is 2. The molecule has 0 radical (unpaired) electrons. The maximum atomic E-state index is 11.4. The van der Waals surface area contributed by atoms with E-state index in [0.29, 0.717) is 17.7 Å². The van der Waals surface area contributed by atoms with Crippen LogP contribution in [0.5, 0.6) is 0 Å². The highest BCUT2D eigenvalue weighted by Crippen LogP contribution is 2.05. The van der Waals surface area contributed by atoms with Gasteiger partial charge in [0.15, 0.2) is 12.1 Å². The molecule has 1 rings (SSSR count). The number of carbonyl (C=O) groups excluding carboxylic acids is 2. The molecule has 0 fully saturated rings. The summed E-state index contributed by atoms with van der Waals surface area (Å²) in [5, 5.41) is 0. The van der Waals surface area contributed by atoms with Gasteiger partial charge in [0.05, 0.1) is 0 Å². The number of aldehydes is 1. The summed E-state index contributed by atoms with van der Waals surface area (Å²) in [6.45, 7) is 3.61. The Hall–Kier alpha value is -1.51. The van der Waals surface area contributed by atoms with Crippen LogP contribution in [0, 0.1) is 5.92 Å². The van der Waals surface area contributed by atoms with E-state index in [2.05, 4.69) is 4.98 Å². The molecule has 0 unspecified atom stereocenters. The van der Waals surface area contributed by atoms with E-state index >= 15 is 0 Å². The Morgan fingerprint density at radius 1 is 1.46 bits per heavy atom. The molecule has 0 aliphatic rings. The second-order valence-corrected chi connectivity index (χ2v) is 3.08. The standard InChI is InChI=1S/C10H11NO2/c1-7(2)10(13)9-5-3-4-8(6-12)11-9/h3-7H,1-2H3. The maximum absolute atomic E-state index is 11.4. The minimum atomic E-state index is -0.0885. The number of hydrogen-bond donors (Lipinski definition) is 0. The normalized spacial score (nSPS) is 10.1. The van der Waals surface area contributed by atoms with Crippen molar-refractivity contribution in [2.45, 2.75) is 13.8 Å². The smallest absolute Gasteiger partial charge is 0.183 e. The third-order valence-electron chi connectivity index (χ3n) is 1.67. The van der Waals surface area contributed by atoms with E-state index < -0.39 is 0 Å². The lowest BCUT2D eigenvalue weighted by atomic mass is 10.1. The van der Waals surface area contributed by atoms with Crippen LogP contribution < -0.4 is 0 Å². The molecule has 0 saturated heterocycles. The number of hydrogen-bond acceptors (Lipinski definition) is 3. The van der Waals surface area contributed by atoms with Gasteiger partial charge in [0, 0.05) is 5.92 Å². The van der Waals surface area contributed by atoms with Crippen LogP contribution in [-0.4, -0.2) is 17.1 Å². The number of pyridine rings is 1. The Labute approximate surface area is 76.8 Å². The first-order valence-corrected chi connectivity index (χ1v) is 4.11. The maximum Gasteiger partial charge on any atom is 0.183 e.